The largest absolute Gasteiger partial charge is 0.309 e. The van der Waals surface area contributed by atoms with Gasteiger partial charge in [0.05, 0.1) is 27.6 Å². The summed E-state index contributed by atoms with van der Waals surface area (Å²) >= 11 is 0. The van der Waals surface area contributed by atoms with Crippen molar-refractivity contribution in [3.63, 3.8) is 0 Å². The molecule has 7 rings (SSSR count). The molecule has 0 amide bonds. The summed E-state index contributed by atoms with van der Waals surface area (Å²) in [6.45, 7) is 0. The van der Waals surface area contributed by atoms with Crippen LogP contribution < -0.4 is 5.56 Å². The van der Waals surface area contributed by atoms with E-state index in [1.807, 2.05) is 60.7 Å². The van der Waals surface area contributed by atoms with E-state index in [0.29, 0.717) is 16.7 Å². The molecule has 4 heteroatoms. The molecule has 36 heavy (non-hydrogen) atoms. The van der Waals surface area contributed by atoms with Gasteiger partial charge in [-0.15, -0.1) is 0 Å². The molecule has 7 aromatic rings. The molecule has 0 bridgehead atoms. The Bertz CT molecular complexity index is 1950. The van der Waals surface area contributed by atoms with Gasteiger partial charge in [-0.25, -0.2) is 4.98 Å². The Labute approximate surface area is 207 Å². The second-order valence-corrected chi connectivity index (χ2v) is 8.85. The minimum atomic E-state index is -0.0754. The van der Waals surface area contributed by atoms with Gasteiger partial charge in [-0.3, -0.25) is 9.36 Å². The van der Waals surface area contributed by atoms with E-state index in [0.717, 1.165) is 38.7 Å². The summed E-state index contributed by atoms with van der Waals surface area (Å²) in [6, 6.07) is 42.4. The Balaban J connectivity index is 1.56. The number of benzene rings is 5. The highest BCUT2D eigenvalue weighted by molar-refractivity contribution is 6.10. The Morgan fingerprint density at radius 2 is 1.08 bits per heavy atom. The van der Waals surface area contributed by atoms with E-state index >= 15 is 0 Å². The fourth-order valence-corrected chi connectivity index (χ4v) is 5.11. The fraction of sp³-hybridized carbons (Fsp3) is 0. The molecular weight excluding hydrogens is 442 g/mol. The summed E-state index contributed by atoms with van der Waals surface area (Å²) in [6.07, 6.45) is 0. The van der Waals surface area contributed by atoms with Gasteiger partial charge >= 0.3 is 0 Å². The van der Waals surface area contributed by atoms with Crippen LogP contribution in [0, 0.1) is 0 Å². The second-order valence-electron chi connectivity index (χ2n) is 8.85. The minimum absolute atomic E-state index is 0.0754. The van der Waals surface area contributed by atoms with Gasteiger partial charge in [0.25, 0.3) is 5.56 Å². The Kier molecular flexibility index (Phi) is 4.57. The van der Waals surface area contributed by atoms with Gasteiger partial charge in [-0.05, 0) is 60.7 Å². The third-order valence-electron chi connectivity index (χ3n) is 6.74. The predicted molar refractivity (Wildman–Crippen MR) is 147 cm³/mol. The van der Waals surface area contributed by atoms with Gasteiger partial charge in [-0.2, -0.15) is 0 Å². The topological polar surface area (TPSA) is 39.8 Å². The van der Waals surface area contributed by atoms with Crippen LogP contribution >= 0.6 is 0 Å². The molecule has 0 saturated heterocycles. The first-order valence-electron chi connectivity index (χ1n) is 12.0. The zero-order valence-corrected chi connectivity index (χ0v) is 19.4. The molecule has 2 heterocycles. The van der Waals surface area contributed by atoms with E-state index in [1.165, 1.54) is 0 Å². The van der Waals surface area contributed by atoms with Crippen LogP contribution in [0.1, 0.15) is 0 Å². The molecule has 0 fully saturated rings. The molecule has 5 aromatic carbocycles. The molecule has 0 radical (unpaired) electrons. The number of para-hydroxylation sites is 4. The maximum atomic E-state index is 13.7. The van der Waals surface area contributed by atoms with Crippen molar-refractivity contribution in [3.05, 3.63) is 138 Å². The third kappa shape index (κ3) is 3.08. The van der Waals surface area contributed by atoms with Crippen LogP contribution in [-0.2, 0) is 0 Å². The van der Waals surface area contributed by atoms with E-state index in [1.54, 1.807) is 4.57 Å². The molecule has 170 valence electrons. The van der Waals surface area contributed by atoms with Gasteiger partial charge < -0.3 is 4.57 Å². The van der Waals surface area contributed by atoms with Crippen LogP contribution in [0.5, 0.6) is 0 Å². The van der Waals surface area contributed by atoms with Gasteiger partial charge in [0, 0.05) is 22.0 Å². The van der Waals surface area contributed by atoms with E-state index < -0.39 is 0 Å². The summed E-state index contributed by atoms with van der Waals surface area (Å²) in [5.74, 6) is 0.628. The first kappa shape index (κ1) is 20.4. The van der Waals surface area contributed by atoms with Crippen molar-refractivity contribution in [2.24, 2.45) is 0 Å². The third-order valence-corrected chi connectivity index (χ3v) is 6.74. The molecule has 0 N–H and O–H groups in total. The van der Waals surface area contributed by atoms with Crippen molar-refractivity contribution in [3.8, 4) is 22.8 Å². The average molecular weight is 464 g/mol. The van der Waals surface area contributed by atoms with E-state index in [-0.39, 0.29) is 5.56 Å². The SMILES string of the molecule is O=c1c2ccccc2nc(-c2ccc3c(c2)c2ccccc2n3-c2ccccc2)n1-c1ccccc1. The first-order valence-corrected chi connectivity index (χ1v) is 12.0. The van der Waals surface area contributed by atoms with Gasteiger partial charge in [0.15, 0.2) is 0 Å². The van der Waals surface area contributed by atoms with E-state index in [9.17, 15) is 4.79 Å². The summed E-state index contributed by atoms with van der Waals surface area (Å²) in [7, 11) is 0. The molecule has 0 unspecified atom stereocenters. The summed E-state index contributed by atoms with van der Waals surface area (Å²) < 4.78 is 4.01. The summed E-state index contributed by atoms with van der Waals surface area (Å²) in [5, 5.41) is 2.88. The van der Waals surface area contributed by atoms with Crippen molar-refractivity contribution < 1.29 is 0 Å². The number of fused-ring (bicyclic) bond motifs is 4. The Morgan fingerprint density at radius 3 is 1.83 bits per heavy atom. The highest BCUT2D eigenvalue weighted by Crippen LogP contribution is 2.35. The zero-order chi connectivity index (χ0) is 24.1. The maximum Gasteiger partial charge on any atom is 0.266 e. The normalized spacial score (nSPS) is 11.4. The Hall–Kier alpha value is -4.96. The molecule has 0 spiro atoms. The van der Waals surface area contributed by atoms with Crippen LogP contribution in [-0.4, -0.2) is 14.1 Å². The van der Waals surface area contributed by atoms with Gasteiger partial charge in [0.1, 0.15) is 5.82 Å². The van der Waals surface area contributed by atoms with Crippen LogP contribution in [0.15, 0.2) is 132 Å². The molecule has 2 aromatic heterocycles. The van der Waals surface area contributed by atoms with Crippen LogP contribution in [0.4, 0.5) is 0 Å². The van der Waals surface area contributed by atoms with Crippen molar-refractivity contribution >= 4 is 32.7 Å². The van der Waals surface area contributed by atoms with Crippen LogP contribution in [0.2, 0.25) is 0 Å². The van der Waals surface area contributed by atoms with Gasteiger partial charge in [0.2, 0.25) is 0 Å². The number of nitrogens with zero attached hydrogens (tertiary/aromatic N) is 3. The number of hydrogen-bond acceptors (Lipinski definition) is 2. The first-order chi connectivity index (χ1) is 17.8. The lowest BCUT2D eigenvalue weighted by atomic mass is 10.1. The average Bonchev–Trinajstić information content (AvgIpc) is 3.28. The van der Waals surface area contributed by atoms with E-state index in [2.05, 4.69) is 71.3 Å². The molecule has 0 atom stereocenters. The highest BCUT2D eigenvalue weighted by Gasteiger charge is 2.17. The molecular formula is C32H21N3O. The number of hydrogen-bond donors (Lipinski definition) is 0. The highest BCUT2D eigenvalue weighted by atomic mass is 16.1. The lowest BCUT2D eigenvalue weighted by Crippen LogP contribution is -2.21. The van der Waals surface area contributed by atoms with Crippen molar-refractivity contribution in [2.45, 2.75) is 0 Å². The standard InChI is InChI=1S/C32H21N3O/c36-32-26-16-7-9-17-28(26)33-31(35(32)24-13-5-2-6-14-24)22-19-20-30-27(21-22)25-15-8-10-18-29(25)34(30)23-11-3-1-4-12-23/h1-21H. The van der Waals surface area contributed by atoms with Crippen molar-refractivity contribution in [1.29, 1.82) is 0 Å². The maximum absolute atomic E-state index is 13.7. The summed E-state index contributed by atoms with van der Waals surface area (Å²) in [4.78, 5) is 18.7. The molecule has 0 saturated carbocycles. The quantitative estimate of drug-likeness (QED) is 0.279. The van der Waals surface area contributed by atoms with Crippen molar-refractivity contribution in [1.82, 2.24) is 14.1 Å². The number of rotatable bonds is 3. The fourth-order valence-electron chi connectivity index (χ4n) is 5.11. The van der Waals surface area contributed by atoms with Gasteiger partial charge in [-0.1, -0.05) is 66.7 Å². The second kappa shape index (κ2) is 8.07. The van der Waals surface area contributed by atoms with Crippen molar-refractivity contribution in [2.75, 3.05) is 0 Å². The molecule has 0 aliphatic rings. The minimum Gasteiger partial charge on any atom is -0.309 e. The monoisotopic (exact) mass is 463 g/mol. The molecule has 0 aliphatic heterocycles. The molecule has 4 nitrogen and oxygen atoms in total. The Morgan fingerprint density at radius 1 is 0.500 bits per heavy atom. The smallest absolute Gasteiger partial charge is 0.266 e. The predicted octanol–water partition coefficient (Wildman–Crippen LogP) is 7.15. The summed E-state index contributed by atoms with van der Waals surface area (Å²) in [5.41, 5.74) is 5.67. The zero-order valence-electron chi connectivity index (χ0n) is 19.4. The van der Waals surface area contributed by atoms with E-state index in [4.69, 9.17) is 4.98 Å². The number of aromatic nitrogens is 3. The lowest BCUT2D eigenvalue weighted by Gasteiger charge is -2.14. The van der Waals surface area contributed by atoms with Crippen LogP contribution in [0.3, 0.4) is 0 Å². The lowest BCUT2D eigenvalue weighted by molar-refractivity contribution is 0.976. The molecule has 0 aliphatic carbocycles. The van der Waals surface area contributed by atoms with Crippen LogP contribution in [0.25, 0.3) is 55.5 Å².